The van der Waals surface area contributed by atoms with Crippen molar-refractivity contribution in [3.05, 3.63) is 89.5 Å². The molecule has 3 aromatic carbocycles. The molecule has 0 spiro atoms. The van der Waals surface area contributed by atoms with E-state index in [0.717, 1.165) is 34.2 Å². The van der Waals surface area contributed by atoms with Gasteiger partial charge < -0.3 is 0 Å². The topological polar surface area (TPSA) is 82.9 Å². The largest absolute Gasteiger partial charge is 0.280 e. The van der Waals surface area contributed by atoms with Crippen LogP contribution in [0.5, 0.6) is 0 Å². The highest BCUT2D eigenvalue weighted by Gasteiger charge is 2.25. The first-order valence-electron chi connectivity index (χ1n) is 12.2. The Kier molecular flexibility index (Phi) is 8.48. The van der Waals surface area contributed by atoms with E-state index in [-0.39, 0.29) is 4.90 Å². The van der Waals surface area contributed by atoms with Gasteiger partial charge in [-0.05, 0) is 67.3 Å². The quantitative estimate of drug-likeness (QED) is 0.182. The van der Waals surface area contributed by atoms with Gasteiger partial charge in [0.25, 0.3) is 5.91 Å². The number of hydrazone groups is 1. The first kappa shape index (κ1) is 26.7. The van der Waals surface area contributed by atoms with Crippen LogP contribution in [0.3, 0.4) is 0 Å². The van der Waals surface area contributed by atoms with Crippen LogP contribution in [0.2, 0.25) is 0 Å². The number of carbonyl (C=O) groups excluding carboxylic acids is 1. The second kappa shape index (κ2) is 11.8. The number of rotatable bonds is 10. The molecule has 1 heterocycles. The highest BCUT2D eigenvalue weighted by Crippen LogP contribution is 2.31. The summed E-state index contributed by atoms with van der Waals surface area (Å²) in [6, 6.07) is 21.5. The summed E-state index contributed by atoms with van der Waals surface area (Å²) < 4.78 is 28.7. The molecule has 7 nitrogen and oxygen atoms in total. The summed E-state index contributed by atoms with van der Waals surface area (Å²) in [5.74, 6) is -0.397. The third-order valence-corrected chi connectivity index (χ3v) is 8.62. The first-order valence-corrected chi connectivity index (χ1v) is 14.5. The Bertz CT molecular complexity index is 1490. The summed E-state index contributed by atoms with van der Waals surface area (Å²) in [6.07, 6.45) is 3.07. The monoisotopic (exact) mass is 534 g/mol. The van der Waals surface area contributed by atoms with E-state index in [0.29, 0.717) is 23.8 Å². The summed E-state index contributed by atoms with van der Waals surface area (Å²) in [7, 11) is -3.64. The maximum absolute atomic E-state index is 13.6. The molecule has 1 amide bonds. The van der Waals surface area contributed by atoms with Crippen molar-refractivity contribution in [1.82, 2.24) is 9.29 Å². The van der Waals surface area contributed by atoms with Gasteiger partial charge in [0.1, 0.15) is 0 Å². The van der Waals surface area contributed by atoms with Gasteiger partial charge >= 0.3 is 0 Å². The van der Waals surface area contributed by atoms with Gasteiger partial charge in [-0.3, -0.25) is 4.79 Å². The van der Waals surface area contributed by atoms with Crippen LogP contribution < -0.4 is 5.01 Å². The molecule has 192 valence electrons. The highest BCUT2D eigenvalue weighted by molar-refractivity contribution is 7.89. The van der Waals surface area contributed by atoms with E-state index >= 15 is 0 Å². The number of anilines is 1. The molecule has 4 aromatic rings. The van der Waals surface area contributed by atoms with Crippen LogP contribution in [0.4, 0.5) is 5.13 Å². The molecule has 0 bridgehead atoms. The lowest BCUT2D eigenvalue weighted by Gasteiger charge is -2.21. The molecule has 0 aliphatic rings. The maximum Gasteiger partial charge on any atom is 0.280 e. The Balaban J connectivity index is 1.68. The standard InChI is InChI=1S/C28H30N4O3S2/c1-4-17-31(18-5-2)37(34,35)24-14-12-23(13-15-24)27(33)32(29-20-22-9-7-6-8-10-22)28-30-25-16-11-21(3)19-26(25)36-28/h6-16,19-20H,4-5,17-18H2,1-3H3/b29-20+. The van der Waals surface area contributed by atoms with E-state index in [1.165, 1.54) is 44.9 Å². The predicted molar refractivity (Wildman–Crippen MR) is 151 cm³/mol. The zero-order chi connectivity index (χ0) is 26.4. The maximum atomic E-state index is 13.6. The summed E-state index contributed by atoms with van der Waals surface area (Å²) in [5.41, 5.74) is 3.04. The zero-order valence-corrected chi connectivity index (χ0v) is 22.8. The molecule has 0 radical (unpaired) electrons. The lowest BCUT2D eigenvalue weighted by atomic mass is 10.2. The van der Waals surface area contributed by atoms with Crippen LogP contribution >= 0.6 is 11.3 Å². The number of hydrogen-bond acceptors (Lipinski definition) is 6. The molecule has 9 heteroatoms. The number of fused-ring (bicyclic) bond motifs is 1. The molecular formula is C28H30N4O3S2. The minimum Gasteiger partial charge on any atom is -0.267 e. The molecule has 0 aliphatic heterocycles. The summed E-state index contributed by atoms with van der Waals surface area (Å²) in [4.78, 5) is 18.4. The Morgan fingerprint density at radius 3 is 2.30 bits per heavy atom. The van der Waals surface area contributed by atoms with Gasteiger partial charge in [0.15, 0.2) is 0 Å². The van der Waals surface area contributed by atoms with E-state index in [9.17, 15) is 13.2 Å². The van der Waals surface area contributed by atoms with Crippen molar-refractivity contribution in [2.75, 3.05) is 18.1 Å². The highest BCUT2D eigenvalue weighted by atomic mass is 32.2. The smallest absolute Gasteiger partial charge is 0.267 e. The molecule has 0 N–H and O–H groups in total. The van der Waals surface area contributed by atoms with Gasteiger partial charge in [-0.25, -0.2) is 13.4 Å². The van der Waals surface area contributed by atoms with Crippen LogP contribution in [-0.4, -0.2) is 42.9 Å². The molecule has 0 aliphatic carbocycles. The molecule has 0 unspecified atom stereocenters. The number of thiazole rings is 1. The second-order valence-electron chi connectivity index (χ2n) is 8.67. The van der Waals surface area contributed by atoms with E-state index in [1.807, 2.05) is 69.3 Å². The average molecular weight is 535 g/mol. The van der Waals surface area contributed by atoms with Crippen molar-refractivity contribution in [3.63, 3.8) is 0 Å². The Labute approximate surface area is 222 Å². The van der Waals surface area contributed by atoms with E-state index in [4.69, 9.17) is 0 Å². The fourth-order valence-corrected chi connectivity index (χ4v) is 6.50. The van der Waals surface area contributed by atoms with Crippen LogP contribution in [0.25, 0.3) is 10.2 Å². The number of carbonyl (C=O) groups is 1. The van der Waals surface area contributed by atoms with Crippen molar-refractivity contribution in [1.29, 1.82) is 0 Å². The lowest BCUT2D eigenvalue weighted by molar-refractivity contribution is 0.0987. The van der Waals surface area contributed by atoms with Gasteiger partial charge in [-0.1, -0.05) is 61.6 Å². The molecule has 37 heavy (non-hydrogen) atoms. The minimum absolute atomic E-state index is 0.167. The van der Waals surface area contributed by atoms with Crippen LogP contribution in [0.1, 0.15) is 48.2 Å². The Hall–Kier alpha value is -3.40. The van der Waals surface area contributed by atoms with Gasteiger partial charge in [0, 0.05) is 18.7 Å². The number of amides is 1. The van der Waals surface area contributed by atoms with E-state index in [2.05, 4.69) is 10.1 Å². The first-order chi connectivity index (χ1) is 17.8. The average Bonchev–Trinajstić information content (AvgIpc) is 3.32. The molecule has 0 atom stereocenters. The molecule has 0 saturated carbocycles. The normalized spacial score (nSPS) is 12.0. The van der Waals surface area contributed by atoms with Crippen LogP contribution in [0, 0.1) is 6.92 Å². The van der Waals surface area contributed by atoms with Gasteiger partial charge in [-0.15, -0.1) is 0 Å². The number of hydrogen-bond donors (Lipinski definition) is 0. The van der Waals surface area contributed by atoms with Crippen molar-refractivity contribution >= 4 is 48.8 Å². The number of nitrogens with zero attached hydrogens (tertiary/aromatic N) is 4. The molecule has 0 fully saturated rings. The van der Waals surface area contributed by atoms with Gasteiger partial charge in [0.2, 0.25) is 15.2 Å². The predicted octanol–water partition coefficient (Wildman–Crippen LogP) is 6.10. The van der Waals surface area contributed by atoms with Gasteiger partial charge in [0.05, 0.1) is 21.3 Å². The molecule has 4 rings (SSSR count). The number of sulfonamides is 1. The summed E-state index contributed by atoms with van der Waals surface area (Å²) >= 11 is 1.38. The molecule has 1 aromatic heterocycles. The second-order valence-corrected chi connectivity index (χ2v) is 11.6. The molecular weight excluding hydrogens is 504 g/mol. The molecule has 0 saturated heterocycles. The van der Waals surface area contributed by atoms with Crippen molar-refractivity contribution in [3.8, 4) is 0 Å². The lowest BCUT2D eigenvalue weighted by Crippen LogP contribution is -2.32. The Morgan fingerprint density at radius 1 is 0.973 bits per heavy atom. The van der Waals surface area contributed by atoms with Crippen molar-refractivity contribution in [2.45, 2.75) is 38.5 Å². The third kappa shape index (κ3) is 6.12. The SMILES string of the molecule is CCCN(CCC)S(=O)(=O)c1ccc(C(=O)N(/N=C/c2ccccc2)c2nc3ccc(C)cc3s2)cc1. The van der Waals surface area contributed by atoms with E-state index in [1.54, 1.807) is 6.21 Å². The number of benzene rings is 3. The summed E-state index contributed by atoms with van der Waals surface area (Å²) in [5, 5.41) is 6.20. The summed E-state index contributed by atoms with van der Waals surface area (Å²) in [6.45, 7) is 6.82. The van der Waals surface area contributed by atoms with Crippen LogP contribution in [0.15, 0.2) is 82.8 Å². The third-order valence-electron chi connectivity index (χ3n) is 5.71. The number of aryl methyl sites for hydroxylation is 1. The number of aromatic nitrogens is 1. The Morgan fingerprint density at radius 2 is 1.65 bits per heavy atom. The van der Waals surface area contributed by atoms with Crippen LogP contribution in [-0.2, 0) is 10.0 Å². The minimum atomic E-state index is -3.64. The van der Waals surface area contributed by atoms with Gasteiger partial charge in [-0.2, -0.15) is 14.4 Å². The fraction of sp³-hybridized carbons (Fsp3) is 0.250. The zero-order valence-electron chi connectivity index (χ0n) is 21.2. The van der Waals surface area contributed by atoms with Crippen molar-refractivity contribution < 1.29 is 13.2 Å². The fourth-order valence-electron chi connectivity index (χ4n) is 3.85. The van der Waals surface area contributed by atoms with Crippen molar-refractivity contribution in [2.24, 2.45) is 5.10 Å². The van der Waals surface area contributed by atoms with E-state index < -0.39 is 15.9 Å².